The molecule has 3 aliphatic carbocycles. The molecule has 1 heteroatoms. The van der Waals surface area contributed by atoms with Crippen LogP contribution in [0.5, 0.6) is 0 Å². The second-order valence-electron chi connectivity index (χ2n) is 7.08. The Balaban J connectivity index is 1.89. The minimum absolute atomic E-state index is 0.191. The Morgan fingerprint density at radius 2 is 1.95 bits per heavy atom. The van der Waals surface area contributed by atoms with Crippen molar-refractivity contribution >= 4 is 11.4 Å². The third-order valence-corrected chi connectivity index (χ3v) is 5.52. The highest BCUT2D eigenvalue weighted by Gasteiger charge is 2.47. The molecule has 102 valence electrons. The molecular formula is C19H20O. The second kappa shape index (κ2) is 3.94. The van der Waals surface area contributed by atoms with E-state index in [0.29, 0.717) is 11.3 Å². The average molecular weight is 264 g/mol. The first kappa shape index (κ1) is 12.1. The molecule has 0 bridgehead atoms. The van der Waals surface area contributed by atoms with Crippen LogP contribution in [0.2, 0.25) is 0 Å². The van der Waals surface area contributed by atoms with Gasteiger partial charge in [0.1, 0.15) is 0 Å². The van der Waals surface area contributed by atoms with Gasteiger partial charge in [0.15, 0.2) is 5.78 Å². The van der Waals surface area contributed by atoms with Crippen LogP contribution in [0.15, 0.2) is 42.0 Å². The summed E-state index contributed by atoms with van der Waals surface area (Å²) in [5, 5.41) is 0. The lowest BCUT2D eigenvalue weighted by Crippen LogP contribution is -2.29. The predicted octanol–water partition coefficient (Wildman–Crippen LogP) is 4.65. The number of hydrogen-bond acceptors (Lipinski definition) is 1. The molecule has 0 saturated heterocycles. The van der Waals surface area contributed by atoms with Gasteiger partial charge in [0.25, 0.3) is 0 Å². The number of benzene rings is 1. The molecule has 4 rings (SSSR count). The summed E-state index contributed by atoms with van der Waals surface area (Å²) in [4.78, 5) is 12.4. The summed E-state index contributed by atoms with van der Waals surface area (Å²) in [6.07, 6.45) is 7.97. The third kappa shape index (κ3) is 1.52. The quantitative estimate of drug-likeness (QED) is 0.666. The van der Waals surface area contributed by atoms with Crippen LogP contribution in [-0.4, -0.2) is 5.78 Å². The van der Waals surface area contributed by atoms with Crippen LogP contribution in [0.1, 0.15) is 49.0 Å². The Labute approximate surface area is 120 Å². The molecule has 0 aromatic heterocycles. The molecule has 0 N–H and O–H groups in total. The zero-order valence-corrected chi connectivity index (χ0v) is 12.1. The first-order valence-corrected chi connectivity index (χ1v) is 7.64. The summed E-state index contributed by atoms with van der Waals surface area (Å²) in [7, 11) is 0. The zero-order valence-electron chi connectivity index (χ0n) is 12.1. The third-order valence-electron chi connectivity index (χ3n) is 5.52. The molecule has 0 aliphatic heterocycles. The van der Waals surface area contributed by atoms with Crippen molar-refractivity contribution in [2.24, 2.45) is 17.3 Å². The van der Waals surface area contributed by atoms with Gasteiger partial charge in [-0.05, 0) is 59.3 Å². The average Bonchev–Trinajstić information content (AvgIpc) is 2.74. The molecule has 0 heterocycles. The Bertz CT molecular complexity index is 664. The van der Waals surface area contributed by atoms with Gasteiger partial charge in [-0.2, -0.15) is 0 Å². The van der Waals surface area contributed by atoms with E-state index < -0.39 is 0 Å². The first-order chi connectivity index (χ1) is 9.58. The van der Waals surface area contributed by atoms with Gasteiger partial charge >= 0.3 is 0 Å². The molecule has 1 fully saturated rings. The van der Waals surface area contributed by atoms with Crippen LogP contribution in [-0.2, 0) is 0 Å². The molecule has 1 saturated carbocycles. The van der Waals surface area contributed by atoms with Crippen LogP contribution >= 0.6 is 0 Å². The maximum absolute atomic E-state index is 12.4. The van der Waals surface area contributed by atoms with E-state index in [9.17, 15) is 4.79 Å². The number of hydrogen-bond donors (Lipinski definition) is 0. The van der Waals surface area contributed by atoms with Crippen molar-refractivity contribution in [3.05, 3.63) is 53.1 Å². The fourth-order valence-electron chi connectivity index (χ4n) is 4.67. The molecular weight excluding hydrogens is 244 g/mol. The van der Waals surface area contributed by atoms with Crippen LogP contribution in [0, 0.1) is 17.3 Å². The fraction of sp³-hybridized carbons (Fsp3) is 0.421. The fourth-order valence-corrected chi connectivity index (χ4v) is 4.67. The van der Waals surface area contributed by atoms with Crippen LogP contribution in [0.25, 0.3) is 5.57 Å². The molecule has 1 nitrogen and oxygen atoms in total. The molecule has 20 heavy (non-hydrogen) atoms. The summed E-state index contributed by atoms with van der Waals surface area (Å²) in [5.41, 5.74) is 5.03. The molecule has 3 atom stereocenters. The van der Waals surface area contributed by atoms with Crippen molar-refractivity contribution in [1.29, 1.82) is 0 Å². The van der Waals surface area contributed by atoms with Gasteiger partial charge in [0.2, 0.25) is 0 Å². The molecule has 0 spiro atoms. The van der Waals surface area contributed by atoms with Gasteiger partial charge in [-0.1, -0.05) is 44.2 Å². The Morgan fingerprint density at radius 3 is 2.75 bits per heavy atom. The van der Waals surface area contributed by atoms with Crippen LogP contribution in [0.4, 0.5) is 0 Å². The minimum atomic E-state index is 0.191. The van der Waals surface area contributed by atoms with E-state index in [-0.39, 0.29) is 5.78 Å². The smallest absolute Gasteiger partial charge is 0.186 e. The first-order valence-electron chi connectivity index (χ1n) is 7.64. The highest BCUT2D eigenvalue weighted by atomic mass is 16.1. The summed E-state index contributed by atoms with van der Waals surface area (Å²) in [6.45, 7) is 4.75. The lowest BCUT2D eigenvalue weighted by atomic mass is 9.65. The maximum Gasteiger partial charge on any atom is 0.186 e. The van der Waals surface area contributed by atoms with E-state index in [4.69, 9.17) is 0 Å². The molecule has 1 aromatic rings. The predicted molar refractivity (Wildman–Crippen MR) is 81.4 cm³/mol. The zero-order chi connectivity index (χ0) is 13.9. The largest absolute Gasteiger partial charge is 0.289 e. The Kier molecular flexibility index (Phi) is 2.39. The highest BCUT2D eigenvalue weighted by Crippen LogP contribution is 2.58. The normalized spacial score (nSPS) is 34.8. The van der Waals surface area contributed by atoms with Gasteiger partial charge < -0.3 is 0 Å². The molecule has 1 aromatic carbocycles. The molecule has 0 amide bonds. The minimum Gasteiger partial charge on any atom is -0.289 e. The van der Waals surface area contributed by atoms with Crippen LogP contribution in [0.3, 0.4) is 0 Å². The van der Waals surface area contributed by atoms with E-state index in [2.05, 4.69) is 26.0 Å². The van der Waals surface area contributed by atoms with Gasteiger partial charge in [-0.25, -0.2) is 0 Å². The van der Waals surface area contributed by atoms with Gasteiger partial charge in [-0.3, -0.25) is 4.79 Å². The Hall–Kier alpha value is -1.63. The number of fused-ring (bicyclic) bond motifs is 5. The topological polar surface area (TPSA) is 17.1 Å². The molecule has 3 aliphatic rings. The lowest BCUT2D eigenvalue weighted by Gasteiger charge is -2.39. The van der Waals surface area contributed by atoms with Gasteiger partial charge in [0, 0.05) is 5.56 Å². The highest BCUT2D eigenvalue weighted by molar-refractivity contribution is 6.14. The van der Waals surface area contributed by atoms with Crippen LogP contribution < -0.4 is 0 Å². The van der Waals surface area contributed by atoms with E-state index in [1.54, 1.807) is 0 Å². The lowest BCUT2D eigenvalue weighted by molar-refractivity contribution is 0.104. The number of carbonyl (C=O) groups excluding carboxylic acids is 1. The van der Waals surface area contributed by atoms with Gasteiger partial charge in [0.05, 0.1) is 0 Å². The molecule has 0 radical (unpaired) electrons. The van der Waals surface area contributed by atoms with Crippen molar-refractivity contribution in [2.45, 2.75) is 33.1 Å². The molecule has 0 unspecified atom stereocenters. The number of ketones is 1. The standard InChI is InChI=1S/C19H20O/c1-12-9-17-16-10-18(20)15-6-4-3-5-13(15)14(16)7-8-19(17,2)11-12/h3-7,10,12,17H,8-9,11H2,1-2H3/t12-,17+,19-/m0/s1. The summed E-state index contributed by atoms with van der Waals surface area (Å²) in [5.74, 6) is 1.53. The summed E-state index contributed by atoms with van der Waals surface area (Å²) < 4.78 is 0. The van der Waals surface area contributed by atoms with Crippen molar-refractivity contribution in [2.75, 3.05) is 0 Å². The van der Waals surface area contributed by atoms with E-state index in [0.717, 1.165) is 23.5 Å². The van der Waals surface area contributed by atoms with Gasteiger partial charge in [-0.15, -0.1) is 0 Å². The van der Waals surface area contributed by atoms with E-state index >= 15 is 0 Å². The summed E-state index contributed by atoms with van der Waals surface area (Å²) >= 11 is 0. The monoisotopic (exact) mass is 264 g/mol. The summed E-state index contributed by atoms with van der Waals surface area (Å²) in [6, 6.07) is 8.06. The van der Waals surface area contributed by atoms with E-state index in [1.807, 2.05) is 24.3 Å². The van der Waals surface area contributed by atoms with E-state index in [1.165, 1.54) is 24.0 Å². The maximum atomic E-state index is 12.4. The number of allylic oxidation sites excluding steroid dienone is 4. The van der Waals surface area contributed by atoms with Crippen molar-refractivity contribution in [3.63, 3.8) is 0 Å². The SMILES string of the molecule is C[C@H]1C[C@@H]2C3=CC(=O)c4ccccc4C3=CC[C@@]2(C)C1. The Morgan fingerprint density at radius 1 is 1.20 bits per heavy atom. The number of carbonyl (C=O) groups is 1. The number of rotatable bonds is 0. The second-order valence-corrected chi connectivity index (χ2v) is 7.08. The van der Waals surface area contributed by atoms with Crippen molar-refractivity contribution in [1.82, 2.24) is 0 Å². The van der Waals surface area contributed by atoms with Crippen molar-refractivity contribution < 1.29 is 4.79 Å². The van der Waals surface area contributed by atoms with Crippen molar-refractivity contribution in [3.8, 4) is 0 Å².